The molecule has 3 aliphatic rings. The first-order valence-corrected chi connectivity index (χ1v) is 24.8. The predicted molar refractivity (Wildman–Crippen MR) is 271 cm³/mol. The molecule has 2 fully saturated rings. The fraction of sp³-hybridized carbons (Fsp3) is 0.481. The van der Waals surface area contributed by atoms with E-state index in [-0.39, 0.29) is 30.1 Å². The van der Waals surface area contributed by atoms with E-state index in [9.17, 15) is 10.0 Å². The number of nitrogens with two attached hydrogens (primary N) is 1. The molecule has 0 radical (unpaired) electrons. The molecular weight excluding hydrogens is 858 g/mol. The third kappa shape index (κ3) is 12.8. The lowest BCUT2D eigenvalue weighted by atomic mass is 10.0. The summed E-state index contributed by atoms with van der Waals surface area (Å²) in [6.45, 7) is 18.8. The number of imidazole rings is 1. The van der Waals surface area contributed by atoms with Crippen LogP contribution in [-0.4, -0.2) is 72.1 Å². The minimum atomic E-state index is -0.560. The van der Waals surface area contributed by atoms with Gasteiger partial charge in [0.05, 0.1) is 40.4 Å². The molecule has 5 heterocycles. The van der Waals surface area contributed by atoms with Gasteiger partial charge >= 0.3 is 0 Å². The van der Waals surface area contributed by atoms with Crippen LogP contribution >= 0.6 is 0 Å². The second-order valence-electron chi connectivity index (χ2n) is 18.8. The van der Waals surface area contributed by atoms with E-state index in [1.807, 2.05) is 65.0 Å². The first kappa shape index (κ1) is 51.9. The monoisotopic (exact) mass is 934 g/mol. The van der Waals surface area contributed by atoms with Crippen molar-refractivity contribution in [3.8, 4) is 28.3 Å². The summed E-state index contributed by atoms with van der Waals surface area (Å²) in [4.78, 5) is 21.1. The largest absolute Gasteiger partial charge is 0.465 e. The highest BCUT2D eigenvalue weighted by atomic mass is 19.1. The van der Waals surface area contributed by atoms with Crippen LogP contribution in [0.2, 0.25) is 0 Å². The molecule has 14 heteroatoms. The Hall–Kier alpha value is -5.51. The minimum absolute atomic E-state index is 0.0113. The Kier molecular flexibility index (Phi) is 18.8. The van der Waals surface area contributed by atoms with Gasteiger partial charge in [-0.25, -0.2) is 14.9 Å². The van der Waals surface area contributed by atoms with Crippen molar-refractivity contribution in [2.75, 3.05) is 13.1 Å². The van der Waals surface area contributed by atoms with Gasteiger partial charge in [0.15, 0.2) is 0 Å². The molecule has 5 atom stereocenters. The topological polar surface area (TPSA) is 179 Å². The van der Waals surface area contributed by atoms with Gasteiger partial charge in [0.25, 0.3) is 5.91 Å². The normalized spacial score (nSPS) is 19.0. The number of hydrazine groups is 1. The minimum Gasteiger partial charge on any atom is -0.465 e. The molecule has 5 unspecified atom stereocenters. The second-order valence-corrected chi connectivity index (χ2v) is 18.8. The van der Waals surface area contributed by atoms with Gasteiger partial charge in [-0.2, -0.15) is 5.06 Å². The van der Waals surface area contributed by atoms with E-state index in [2.05, 4.69) is 75.4 Å². The van der Waals surface area contributed by atoms with Crippen LogP contribution in [0.5, 0.6) is 5.75 Å². The van der Waals surface area contributed by atoms with E-state index in [0.29, 0.717) is 58.8 Å². The number of benzene rings is 3. The maximum atomic E-state index is 16.6. The zero-order chi connectivity index (χ0) is 48.9. The average Bonchev–Trinajstić information content (AvgIpc) is 3.64. The zero-order valence-electron chi connectivity index (χ0n) is 41.3. The molecule has 0 bridgehead atoms. The number of nitrogens with zero attached hydrogens (tertiary/aromatic N) is 4. The van der Waals surface area contributed by atoms with E-state index in [1.165, 1.54) is 42.4 Å². The Morgan fingerprint density at radius 3 is 2.46 bits per heavy atom. The zero-order valence-corrected chi connectivity index (χ0v) is 41.3. The first-order valence-electron chi connectivity index (χ1n) is 24.8. The maximum Gasteiger partial charge on any atom is 0.259 e. The quantitative estimate of drug-likeness (QED) is 0.0182. The van der Waals surface area contributed by atoms with Gasteiger partial charge in [0.2, 0.25) is 6.23 Å². The van der Waals surface area contributed by atoms with Gasteiger partial charge in [0.1, 0.15) is 23.4 Å². The number of amides is 1. The number of aromatic nitrogens is 3. The standard InChI is InChI=1S/C46H57FN8O3.C5H13NO.C3H6/c1-4-6-8-9-10-14-30-15-12-16-32(22-30)46-55-38-19-18-31(36(48)27-50-53(20-11-7-5-2)45(56)43-29(3)51-43)23-34(38)25-40(55)42-35(47)24-33(26-41(42)58-46)37-28-49-44(52-37)39-17-13-21-54(39)57;1-4(2)5(3)6-7;1-3-2/h12,15-16,18-19,22-29,39,43,46,50-51,57H,4-11,13-14,17,20-21,48H2,1-3H3,(H,49,52);4-7H,1-3H3;3H,1H2,2H3/b36-27-;;. The van der Waals surface area contributed by atoms with Crippen LogP contribution in [-0.2, 0) is 11.2 Å². The molecule has 0 saturated carbocycles. The van der Waals surface area contributed by atoms with E-state index >= 15 is 4.39 Å². The number of aromatic amines is 1. The number of hydrogen-bond donors (Lipinski definition) is 7. The van der Waals surface area contributed by atoms with Crippen LogP contribution in [0, 0.1) is 11.7 Å². The second kappa shape index (κ2) is 24.7. The molecule has 3 aliphatic heterocycles. The van der Waals surface area contributed by atoms with Gasteiger partial charge in [-0.05, 0) is 100 Å². The highest BCUT2D eigenvalue weighted by Gasteiger charge is 2.41. The molecule has 368 valence electrons. The molecule has 8 rings (SSSR count). The summed E-state index contributed by atoms with van der Waals surface area (Å²) in [5, 5.41) is 25.7. The van der Waals surface area contributed by atoms with E-state index < -0.39 is 12.0 Å². The van der Waals surface area contributed by atoms with E-state index in [4.69, 9.17) is 15.7 Å². The number of rotatable bonds is 19. The molecule has 2 saturated heterocycles. The summed E-state index contributed by atoms with van der Waals surface area (Å²) in [6.07, 6.45) is 16.2. The molecule has 2 aromatic heterocycles. The number of nitrogens with one attached hydrogen (secondary N) is 4. The highest BCUT2D eigenvalue weighted by molar-refractivity contribution is 5.92. The summed E-state index contributed by atoms with van der Waals surface area (Å²) in [7, 11) is 0. The Labute approximate surface area is 402 Å². The third-order valence-corrected chi connectivity index (χ3v) is 13.1. The molecule has 3 aromatic carbocycles. The van der Waals surface area contributed by atoms with Crippen LogP contribution in [0.1, 0.15) is 147 Å². The molecule has 5 aromatic rings. The van der Waals surface area contributed by atoms with Gasteiger partial charge in [-0.3, -0.25) is 15.1 Å². The number of H-pyrrole nitrogens is 1. The number of carbonyl (C=O) groups is 1. The molecule has 0 spiro atoms. The number of unbranched alkanes of at least 4 members (excludes halogenated alkanes) is 6. The number of halogens is 1. The Balaban J connectivity index is 0.000000691. The van der Waals surface area contributed by atoms with Crippen LogP contribution in [0.25, 0.3) is 39.1 Å². The number of carbonyl (C=O) groups excluding carboxylic acids is 1. The van der Waals surface area contributed by atoms with Gasteiger partial charge < -0.3 is 35.9 Å². The van der Waals surface area contributed by atoms with Crippen molar-refractivity contribution in [3.63, 3.8) is 0 Å². The summed E-state index contributed by atoms with van der Waals surface area (Å²) in [5.41, 5.74) is 18.8. The number of hydrogen-bond acceptors (Lipinski definition) is 10. The SMILES string of the molecule is C=CC.CC(C)C(C)NO.CCCCCCCc1cccc(C2Oc3cc(-c4cnc(C5CCCN5O)[nH]4)cc(F)c3-c3cc4cc(/C(N)=C/NN(CCCCC)C(=O)C5NC5C)ccc4n32)c1. The van der Waals surface area contributed by atoms with Crippen molar-refractivity contribution in [3.05, 3.63) is 114 Å². The van der Waals surface area contributed by atoms with Crippen molar-refractivity contribution in [2.45, 2.75) is 149 Å². The van der Waals surface area contributed by atoms with E-state index in [0.717, 1.165) is 67.0 Å². The third-order valence-electron chi connectivity index (χ3n) is 13.1. The number of aryl methyl sites for hydroxylation is 1. The molecule has 13 nitrogen and oxygen atoms in total. The summed E-state index contributed by atoms with van der Waals surface area (Å²) in [5.74, 6) is 1.20. The van der Waals surface area contributed by atoms with E-state index in [1.54, 1.807) is 23.5 Å². The van der Waals surface area contributed by atoms with Crippen molar-refractivity contribution in [2.24, 2.45) is 11.7 Å². The highest BCUT2D eigenvalue weighted by Crippen LogP contribution is 2.47. The van der Waals surface area contributed by atoms with Crippen LogP contribution in [0.15, 0.2) is 85.7 Å². The molecular formula is C54H76FN9O4. The lowest BCUT2D eigenvalue weighted by molar-refractivity contribution is -0.133. The summed E-state index contributed by atoms with van der Waals surface area (Å²) >= 11 is 0. The van der Waals surface area contributed by atoms with Crippen molar-refractivity contribution in [1.29, 1.82) is 0 Å². The number of hydroxylamine groups is 3. The molecule has 1 amide bonds. The molecule has 0 aliphatic carbocycles. The maximum absolute atomic E-state index is 16.6. The lowest BCUT2D eigenvalue weighted by Gasteiger charge is -2.31. The van der Waals surface area contributed by atoms with Crippen LogP contribution < -0.4 is 26.7 Å². The lowest BCUT2D eigenvalue weighted by Crippen LogP contribution is -2.44. The predicted octanol–water partition coefficient (Wildman–Crippen LogP) is 11.2. The number of ether oxygens (including phenoxy) is 1. The molecule has 68 heavy (non-hydrogen) atoms. The summed E-state index contributed by atoms with van der Waals surface area (Å²) in [6, 6.07) is 19.9. The van der Waals surface area contributed by atoms with Gasteiger partial charge in [-0.15, -0.1) is 6.58 Å². The van der Waals surface area contributed by atoms with Crippen molar-refractivity contribution < 1.29 is 24.3 Å². The summed E-state index contributed by atoms with van der Waals surface area (Å²) < 4.78 is 25.6. The smallest absolute Gasteiger partial charge is 0.259 e. The fourth-order valence-corrected chi connectivity index (χ4v) is 8.67. The van der Waals surface area contributed by atoms with Crippen molar-refractivity contribution >= 4 is 22.5 Å². The van der Waals surface area contributed by atoms with Crippen LogP contribution in [0.3, 0.4) is 0 Å². The molecule has 8 N–H and O–H groups in total. The first-order chi connectivity index (χ1) is 32.8. The number of fused-ring (bicyclic) bond motifs is 5. The Bertz CT molecular complexity index is 2460. The number of allylic oxidation sites excluding steroid dienone is 1. The van der Waals surface area contributed by atoms with Gasteiger partial charge in [0, 0.05) is 47.9 Å². The van der Waals surface area contributed by atoms with Gasteiger partial charge in [-0.1, -0.05) is 103 Å². The Morgan fingerprint density at radius 1 is 1.06 bits per heavy atom. The van der Waals surface area contributed by atoms with Crippen LogP contribution in [0.4, 0.5) is 4.39 Å². The Morgan fingerprint density at radius 2 is 1.79 bits per heavy atom. The average molecular weight is 934 g/mol. The van der Waals surface area contributed by atoms with Crippen molar-refractivity contribution in [1.82, 2.24) is 40.8 Å². The fourth-order valence-electron chi connectivity index (χ4n) is 8.67.